The SMILES string of the molecule is [2H]C([2H])(CCC(N)C(=O)O)C([2H])([2H])n1c2c(c(CCCC(N)C(=O)O)c(CCC(N)C(=O)O)c1=O)CCC2N. The van der Waals surface area contributed by atoms with Gasteiger partial charge in [-0.05, 0) is 75.3 Å². The minimum Gasteiger partial charge on any atom is -0.480 e. The molecule has 1 aliphatic rings. The number of rotatable bonds is 15. The summed E-state index contributed by atoms with van der Waals surface area (Å²) in [7, 11) is 0. The summed E-state index contributed by atoms with van der Waals surface area (Å²) in [6.45, 7) is -2.98. The van der Waals surface area contributed by atoms with E-state index < -0.39 is 73.3 Å². The van der Waals surface area contributed by atoms with Crippen LogP contribution in [0.5, 0.6) is 0 Å². The van der Waals surface area contributed by atoms with Crippen molar-refractivity contribution in [2.24, 2.45) is 22.9 Å². The molecule has 0 radical (unpaired) electrons. The molecule has 1 heterocycles. The van der Waals surface area contributed by atoms with Crippen LogP contribution in [0.4, 0.5) is 0 Å². The van der Waals surface area contributed by atoms with E-state index in [9.17, 15) is 24.3 Å². The third kappa shape index (κ3) is 7.34. The molecule has 0 spiro atoms. The Bertz CT molecular complexity index is 1160. The summed E-state index contributed by atoms with van der Waals surface area (Å²) in [5.74, 6) is -3.87. The van der Waals surface area contributed by atoms with Gasteiger partial charge in [0.1, 0.15) is 18.1 Å². The van der Waals surface area contributed by atoms with Crippen LogP contribution >= 0.6 is 0 Å². The molecule has 1 aromatic rings. The van der Waals surface area contributed by atoms with Gasteiger partial charge >= 0.3 is 17.9 Å². The number of nitrogens with two attached hydrogens (primary N) is 4. The zero-order chi connectivity index (χ0) is 29.9. The number of nitrogens with zero attached hydrogens (tertiary/aromatic N) is 1. The van der Waals surface area contributed by atoms with Crippen LogP contribution in [-0.2, 0) is 40.1 Å². The molecule has 0 saturated carbocycles. The molecule has 12 heteroatoms. The predicted octanol–water partition coefficient (Wildman–Crippen LogP) is -0.544. The molecule has 1 aromatic heterocycles. The monoisotopic (exact) mass is 499 g/mol. The molecule has 4 unspecified atom stereocenters. The number of fused-ring (bicyclic) bond motifs is 1. The summed E-state index contributed by atoms with van der Waals surface area (Å²) in [5, 5.41) is 27.4. The van der Waals surface area contributed by atoms with Crippen molar-refractivity contribution in [2.75, 3.05) is 0 Å². The molecule has 0 aliphatic heterocycles. The van der Waals surface area contributed by atoms with Crippen LogP contribution in [0.25, 0.3) is 0 Å². The van der Waals surface area contributed by atoms with Crippen molar-refractivity contribution in [3.05, 3.63) is 32.7 Å². The van der Waals surface area contributed by atoms with Crippen LogP contribution in [0, 0.1) is 0 Å². The fourth-order valence-corrected chi connectivity index (χ4v) is 4.15. The van der Waals surface area contributed by atoms with E-state index in [2.05, 4.69) is 0 Å². The first-order chi connectivity index (χ1) is 17.9. The van der Waals surface area contributed by atoms with Crippen molar-refractivity contribution in [2.45, 2.75) is 94.8 Å². The van der Waals surface area contributed by atoms with Gasteiger partial charge in [-0.1, -0.05) is 0 Å². The first-order valence-corrected chi connectivity index (χ1v) is 11.4. The van der Waals surface area contributed by atoms with E-state index in [4.69, 9.17) is 38.6 Å². The molecule has 196 valence electrons. The molecule has 4 atom stereocenters. The van der Waals surface area contributed by atoms with E-state index in [1.807, 2.05) is 0 Å². The van der Waals surface area contributed by atoms with Crippen LogP contribution in [0.3, 0.4) is 0 Å². The maximum Gasteiger partial charge on any atom is 0.320 e. The van der Waals surface area contributed by atoms with Crippen LogP contribution in [0.1, 0.15) is 78.8 Å². The van der Waals surface area contributed by atoms with Crippen molar-refractivity contribution in [3.63, 3.8) is 0 Å². The summed E-state index contributed by atoms with van der Waals surface area (Å²) in [6, 6.07) is -4.70. The summed E-state index contributed by atoms with van der Waals surface area (Å²) in [4.78, 5) is 47.4. The summed E-state index contributed by atoms with van der Waals surface area (Å²) >= 11 is 0. The van der Waals surface area contributed by atoms with Crippen molar-refractivity contribution in [3.8, 4) is 0 Å². The molecule has 12 nitrogen and oxygen atoms in total. The van der Waals surface area contributed by atoms with Crippen LogP contribution in [0.2, 0.25) is 0 Å². The highest BCUT2D eigenvalue weighted by atomic mass is 16.4. The lowest BCUT2D eigenvalue weighted by Crippen LogP contribution is -2.35. The van der Waals surface area contributed by atoms with Gasteiger partial charge in [-0.2, -0.15) is 0 Å². The van der Waals surface area contributed by atoms with Crippen molar-refractivity contribution < 1.29 is 35.2 Å². The maximum absolute atomic E-state index is 13.9. The van der Waals surface area contributed by atoms with Gasteiger partial charge in [-0.25, -0.2) is 0 Å². The van der Waals surface area contributed by atoms with Crippen molar-refractivity contribution >= 4 is 17.9 Å². The van der Waals surface area contributed by atoms with E-state index >= 15 is 0 Å². The number of hydrogen-bond donors (Lipinski definition) is 7. The molecular weight excluding hydrogens is 458 g/mol. The third-order valence-corrected chi connectivity index (χ3v) is 6.17. The number of pyridine rings is 1. The molecular formula is C23H37N5O7. The third-order valence-electron chi connectivity index (χ3n) is 6.17. The van der Waals surface area contributed by atoms with Crippen molar-refractivity contribution in [1.29, 1.82) is 0 Å². The molecule has 0 saturated heterocycles. The number of carboxylic acids is 3. The Morgan fingerprint density at radius 3 is 2.03 bits per heavy atom. The van der Waals surface area contributed by atoms with E-state index in [1.165, 1.54) is 0 Å². The topological polar surface area (TPSA) is 238 Å². The number of aromatic nitrogens is 1. The van der Waals surface area contributed by atoms with E-state index in [0.717, 1.165) is 0 Å². The highest BCUT2D eigenvalue weighted by Gasteiger charge is 2.30. The van der Waals surface area contributed by atoms with Crippen molar-refractivity contribution in [1.82, 2.24) is 4.57 Å². The maximum atomic E-state index is 13.9. The average Bonchev–Trinajstić information content (AvgIpc) is 3.21. The molecule has 0 fully saturated rings. The van der Waals surface area contributed by atoms with Gasteiger partial charge in [0.15, 0.2) is 0 Å². The van der Waals surface area contributed by atoms with Gasteiger partial charge < -0.3 is 42.8 Å². The molecule has 0 bridgehead atoms. The Kier molecular flexibility index (Phi) is 8.27. The smallest absolute Gasteiger partial charge is 0.320 e. The van der Waals surface area contributed by atoms with Crippen LogP contribution < -0.4 is 28.5 Å². The number of aliphatic carboxylic acids is 3. The summed E-state index contributed by atoms with van der Waals surface area (Å²) in [5.41, 5.74) is 23.3. The standard InChI is InChI=1S/C23H37N5O7/c24-15-9-7-13-12(4-3-6-17(26)22(32)33)14(8-10-18(27)23(34)35)20(29)28(19(13)15)11-2-1-5-16(25)21(30)31/h15-18H,1-11,24-27H2,(H,30,31)(H,32,33)(H,34,35)/i2D2,11D2. The minimum atomic E-state index is -2.98. The first kappa shape index (κ1) is 22.7. The molecule has 0 amide bonds. The lowest BCUT2D eigenvalue weighted by molar-refractivity contribution is -0.139. The van der Waals surface area contributed by atoms with Gasteiger partial charge in [0.2, 0.25) is 0 Å². The van der Waals surface area contributed by atoms with Crippen LogP contribution in [-0.4, -0.2) is 55.9 Å². The Balaban J connectivity index is 2.67. The molecule has 0 aromatic carbocycles. The van der Waals surface area contributed by atoms with Crippen LogP contribution in [0.15, 0.2) is 4.79 Å². The molecule has 2 rings (SSSR count). The quantitative estimate of drug-likeness (QED) is 0.161. The largest absolute Gasteiger partial charge is 0.480 e. The van der Waals surface area contributed by atoms with Gasteiger partial charge in [0, 0.05) is 29.3 Å². The van der Waals surface area contributed by atoms with E-state index in [1.54, 1.807) is 0 Å². The number of carboxylic acid groups (broad SMARTS) is 3. The minimum absolute atomic E-state index is 0.0466. The fraction of sp³-hybridized carbons (Fsp3) is 0.652. The Labute approximate surface area is 208 Å². The Morgan fingerprint density at radius 1 is 0.914 bits per heavy atom. The Morgan fingerprint density at radius 2 is 1.46 bits per heavy atom. The molecule has 1 aliphatic carbocycles. The Hall–Kier alpha value is -2.80. The normalized spacial score (nSPS) is 20.1. The zero-order valence-corrected chi connectivity index (χ0v) is 19.4. The lowest BCUT2D eigenvalue weighted by Gasteiger charge is -2.22. The summed E-state index contributed by atoms with van der Waals surface area (Å²) in [6.07, 6.45) is -2.88. The second-order valence-electron chi connectivity index (χ2n) is 8.70. The lowest BCUT2D eigenvalue weighted by atomic mass is 9.92. The highest BCUT2D eigenvalue weighted by molar-refractivity contribution is 5.73. The van der Waals surface area contributed by atoms with E-state index in [-0.39, 0.29) is 43.4 Å². The van der Waals surface area contributed by atoms with Gasteiger partial charge in [-0.3, -0.25) is 19.2 Å². The molecule has 35 heavy (non-hydrogen) atoms. The second-order valence-corrected chi connectivity index (χ2v) is 8.70. The van der Waals surface area contributed by atoms with E-state index in [0.29, 0.717) is 28.5 Å². The fourth-order valence-electron chi connectivity index (χ4n) is 4.15. The highest BCUT2D eigenvalue weighted by Crippen LogP contribution is 2.33. The number of hydrogen-bond acceptors (Lipinski definition) is 8. The van der Waals surface area contributed by atoms with Gasteiger partial charge in [-0.15, -0.1) is 0 Å². The summed E-state index contributed by atoms with van der Waals surface area (Å²) < 4.78 is 35.0. The number of carbonyl (C=O) groups is 3. The molecule has 11 N–H and O–H groups in total. The predicted molar refractivity (Wildman–Crippen MR) is 128 cm³/mol. The average molecular weight is 500 g/mol. The van der Waals surface area contributed by atoms with Gasteiger partial charge in [0.05, 0.1) is 0 Å². The zero-order valence-electron chi connectivity index (χ0n) is 23.4. The first-order valence-electron chi connectivity index (χ1n) is 13.4. The second kappa shape index (κ2) is 12.8. The van der Waals surface area contributed by atoms with Gasteiger partial charge in [0.25, 0.3) is 5.56 Å².